The molecule has 3 heteroatoms. The molecule has 0 spiro atoms. The largest absolute Gasteiger partial charge is 0.220 e. The first-order valence-electron chi connectivity index (χ1n) is 5.61. The molecule has 3 nitrogen and oxygen atoms in total. The lowest BCUT2D eigenvalue weighted by Crippen LogP contribution is -1.88. The maximum absolute atomic E-state index is 4.58. The number of fused-ring (bicyclic) bond motifs is 3. The topological polar surface area (TPSA) is 30.2 Å². The Hall–Kier alpha value is -1.90. The highest BCUT2D eigenvalue weighted by Gasteiger charge is 2.05. The molecule has 0 aliphatic rings. The number of aryl methyl sites for hydroxylation is 1. The molecule has 0 radical (unpaired) electrons. The van der Waals surface area contributed by atoms with Gasteiger partial charge < -0.3 is 0 Å². The molecule has 80 valence electrons. The molecule has 3 rings (SSSR count). The number of nitrogens with zero attached hydrogens (tertiary/aromatic N) is 3. The smallest absolute Gasteiger partial charge is 0.163 e. The molecule has 0 unspecified atom stereocenters. The van der Waals surface area contributed by atoms with Crippen LogP contribution in [0.25, 0.3) is 16.4 Å². The summed E-state index contributed by atoms with van der Waals surface area (Å²) in [5.74, 6) is 0.929. The number of hydrogen-bond acceptors (Lipinski definition) is 2. The fraction of sp³-hybridized carbons (Fsp3) is 0.231. The molecule has 0 aliphatic heterocycles. The van der Waals surface area contributed by atoms with E-state index in [0.717, 1.165) is 24.3 Å². The van der Waals surface area contributed by atoms with E-state index < -0.39 is 0 Å². The number of pyridine rings is 1. The van der Waals surface area contributed by atoms with Gasteiger partial charge in [-0.25, -0.2) is 9.50 Å². The predicted octanol–water partition coefficient (Wildman–Crippen LogP) is 2.84. The van der Waals surface area contributed by atoms with Crippen LogP contribution >= 0.6 is 0 Å². The minimum Gasteiger partial charge on any atom is -0.220 e. The van der Waals surface area contributed by atoms with Gasteiger partial charge in [0.2, 0.25) is 0 Å². The molecule has 0 saturated carbocycles. The lowest BCUT2D eigenvalue weighted by molar-refractivity contribution is 0.819. The Bertz CT molecular complexity index is 640. The number of hydrogen-bond donors (Lipinski definition) is 0. The van der Waals surface area contributed by atoms with Gasteiger partial charge in [0.1, 0.15) is 0 Å². The van der Waals surface area contributed by atoms with Crippen LogP contribution in [-0.2, 0) is 6.42 Å². The van der Waals surface area contributed by atoms with Crippen LogP contribution in [0.15, 0.2) is 36.5 Å². The van der Waals surface area contributed by atoms with Gasteiger partial charge in [-0.3, -0.25) is 0 Å². The molecule has 2 aromatic heterocycles. The second kappa shape index (κ2) is 3.59. The molecule has 0 bridgehead atoms. The summed E-state index contributed by atoms with van der Waals surface area (Å²) in [5, 5.41) is 6.84. The van der Waals surface area contributed by atoms with Crippen molar-refractivity contribution >= 4 is 16.4 Å². The van der Waals surface area contributed by atoms with E-state index in [4.69, 9.17) is 0 Å². The zero-order chi connectivity index (χ0) is 11.0. The molecule has 1 aromatic carbocycles. The molecule has 0 N–H and O–H groups in total. The molecule has 0 fully saturated rings. The summed E-state index contributed by atoms with van der Waals surface area (Å²) in [7, 11) is 0. The molecule has 0 aliphatic carbocycles. The summed E-state index contributed by atoms with van der Waals surface area (Å²) in [6.07, 6.45) is 3.99. The fourth-order valence-corrected chi connectivity index (χ4v) is 1.98. The number of benzene rings is 1. The minimum absolute atomic E-state index is 0.929. The highest BCUT2D eigenvalue weighted by atomic mass is 15.3. The second-order valence-electron chi connectivity index (χ2n) is 3.95. The van der Waals surface area contributed by atoms with Crippen molar-refractivity contribution in [2.24, 2.45) is 0 Å². The van der Waals surface area contributed by atoms with Crippen LogP contribution in [0.1, 0.15) is 19.2 Å². The van der Waals surface area contributed by atoms with E-state index in [-0.39, 0.29) is 0 Å². The highest BCUT2D eigenvalue weighted by molar-refractivity contribution is 5.93. The Morgan fingerprint density at radius 3 is 2.94 bits per heavy atom. The van der Waals surface area contributed by atoms with Gasteiger partial charge >= 0.3 is 0 Å². The van der Waals surface area contributed by atoms with Gasteiger partial charge in [0.15, 0.2) is 11.5 Å². The van der Waals surface area contributed by atoms with Crippen molar-refractivity contribution in [3.63, 3.8) is 0 Å². The summed E-state index contributed by atoms with van der Waals surface area (Å²) >= 11 is 0. The summed E-state index contributed by atoms with van der Waals surface area (Å²) in [4.78, 5) is 4.58. The molecule has 2 heterocycles. The standard InChI is InChI=1S/C13H13N3/c1-2-5-12-14-13-11-7-4-3-6-10(11)8-9-16(13)15-12/h3-4,6-9H,2,5H2,1H3. The van der Waals surface area contributed by atoms with Crippen LogP contribution in [0, 0.1) is 0 Å². The predicted molar refractivity (Wildman–Crippen MR) is 64.5 cm³/mol. The van der Waals surface area contributed by atoms with E-state index in [0.29, 0.717) is 0 Å². The maximum Gasteiger partial charge on any atom is 0.163 e. The Morgan fingerprint density at radius 1 is 1.19 bits per heavy atom. The van der Waals surface area contributed by atoms with Crippen LogP contribution in [0.5, 0.6) is 0 Å². The summed E-state index contributed by atoms with van der Waals surface area (Å²) < 4.78 is 1.87. The Kier molecular flexibility index (Phi) is 2.10. The van der Waals surface area contributed by atoms with Gasteiger partial charge in [-0.15, -0.1) is 0 Å². The molecule has 0 amide bonds. The van der Waals surface area contributed by atoms with Gasteiger partial charge in [-0.2, -0.15) is 5.10 Å². The zero-order valence-corrected chi connectivity index (χ0v) is 9.22. The van der Waals surface area contributed by atoms with E-state index in [2.05, 4.69) is 35.2 Å². The van der Waals surface area contributed by atoms with Crippen molar-refractivity contribution in [1.29, 1.82) is 0 Å². The molecule has 0 saturated heterocycles. The number of rotatable bonds is 2. The summed E-state index contributed by atoms with van der Waals surface area (Å²) in [6, 6.07) is 10.4. The normalized spacial score (nSPS) is 11.3. The third kappa shape index (κ3) is 1.36. The molecular weight excluding hydrogens is 198 g/mol. The average molecular weight is 211 g/mol. The van der Waals surface area contributed by atoms with Crippen LogP contribution < -0.4 is 0 Å². The molecular formula is C13H13N3. The Balaban J connectivity index is 2.32. The minimum atomic E-state index is 0.929. The Morgan fingerprint density at radius 2 is 2.06 bits per heavy atom. The van der Waals surface area contributed by atoms with E-state index >= 15 is 0 Å². The quantitative estimate of drug-likeness (QED) is 0.652. The summed E-state index contributed by atoms with van der Waals surface area (Å²) in [6.45, 7) is 2.14. The first kappa shape index (κ1) is 9.33. The van der Waals surface area contributed by atoms with Gasteiger partial charge in [-0.1, -0.05) is 31.2 Å². The van der Waals surface area contributed by atoms with Gasteiger partial charge in [-0.05, 0) is 17.9 Å². The lowest BCUT2D eigenvalue weighted by atomic mass is 10.2. The van der Waals surface area contributed by atoms with Crippen molar-refractivity contribution in [1.82, 2.24) is 14.6 Å². The third-order valence-corrected chi connectivity index (χ3v) is 2.75. The highest BCUT2D eigenvalue weighted by Crippen LogP contribution is 2.18. The lowest BCUT2D eigenvalue weighted by Gasteiger charge is -1.97. The van der Waals surface area contributed by atoms with Crippen LogP contribution in [0.3, 0.4) is 0 Å². The third-order valence-electron chi connectivity index (χ3n) is 2.75. The van der Waals surface area contributed by atoms with E-state index in [1.165, 1.54) is 10.8 Å². The van der Waals surface area contributed by atoms with Crippen molar-refractivity contribution in [3.05, 3.63) is 42.4 Å². The van der Waals surface area contributed by atoms with Crippen molar-refractivity contribution < 1.29 is 0 Å². The van der Waals surface area contributed by atoms with Gasteiger partial charge in [0.25, 0.3) is 0 Å². The van der Waals surface area contributed by atoms with E-state index in [1.807, 2.05) is 22.8 Å². The average Bonchev–Trinajstić information content (AvgIpc) is 2.72. The van der Waals surface area contributed by atoms with Crippen molar-refractivity contribution in [2.45, 2.75) is 19.8 Å². The monoisotopic (exact) mass is 211 g/mol. The maximum atomic E-state index is 4.58. The first-order chi connectivity index (χ1) is 7.88. The molecule has 0 atom stereocenters. The van der Waals surface area contributed by atoms with Crippen LogP contribution in [0.2, 0.25) is 0 Å². The second-order valence-corrected chi connectivity index (χ2v) is 3.95. The van der Waals surface area contributed by atoms with Crippen LogP contribution in [-0.4, -0.2) is 14.6 Å². The van der Waals surface area contributed by atoms with Crippen molar-refractivity contribution in [3.8, 4) is 0 Å². The SMILES string of the molecule is CCCc1nc2c3ccccc3ccn2n1. The molecule has 3 aromatic rings. The zero-order valence-electron chi connectivity index (χ0n) is 9.22. The fourth-order valence-electron chi connectivity index (χ4n) is 1.98. The van der Waals surface area contributed by atoms with Crippen LogP contribution in [0.4, 0.5) is 0 Å². The van der Waals surface area contributed by atoms with E-state index in [9.17, 15) is 0 Å². The van der Waals surface area contributed by atoms with Gasteiger partial charge in [0.05, 0.1) is 0 Å². The summed E-state index contributed by atoms with van der Waals surface area (Å²) in [5.41, 5.74) is 0.960. The molecule has 16 heavy (non-hydrogen) atoms. The Labute approximate surface area is 93.7 Å². The van der Waals surface area contributed by atoms with Gasteiger partial charge in [0, 0.05) is 18.0 Å². The number of aromatic nitrogens is 3. The first-order valence-corrected chi connectivity index (χ1v) is 5.61. The van der Waals surface area contributed by atoms with E-state index in [1.54, 1.807) is 0 Å². The van der Waals surface area contributed by atoms with Crippen molar-refractivity contribution in [2.75, 3.05) is 0 Å².